The molecule has 2 aliphatic rings. The topological polar surface area (TPSA) is 75.7 Å². The highest BCUT2D eigenvalue weighted by atomic mass is 16.5. The van der Waals surface area contributed by atoms with Crippen LogP contribution in [0.5, 0.6) is 0 Å². The number of fused-ring (bicyclic) bond motifs is 3. The number of carbonyl (C=O) groups excluding carboxylic acids is 3. The second-order valence-electron chi connectivity index (χ2n) is 7.73. The lowest BCUT2D eigenvalue weighted by Gasteiger charge is -2.24. The maximum Gasteiger partial charge on any atom is 0.407 e. The molecule has 1 N–H and O–H groups in total. The van der Waals surface area contributed by atoms with Crippen LogP contribution in [0.25, 0.3) is 11.1 Å². The number of alkyl carbamates (subject to hydrolysis) is 1. The van der Waals surface area contributed by atoms with Gasteiger partial charge in [0.25, 0.3) is 0 Å². The Kier molecular flexibility index (Phi) is 5.09. The van der Waals surface area contributed by atoms with Crippen LogP contribution in [-0.2, 0) is 14.3 Å². The van der Waals surface area contributed by atoms with Crippen LogP contribution in [0.2, 0.25) is 0 Å². The Bertz CT molecular complexity index is 912. The fourth-order valence-corrected chi connectivity index (χ4v) is 4.52. The molecule has 6 heteroatoms. The zero-order chi connectivity index (χ0) is 20.5. The molecule has 6 nitrogen and oxygen atoms in total. The molecule has 2 amide bonds. The van der Waals surface area contributed by atoms with Crippen molar-refractivity contribution in [3.05, 3.63) is 59.7 Å². The molecule has 0 bridgehead atoms. The van der Waals surface area contributed by atoms with Crippen molar-refractivity contribution in [1.82, 2.24) is 10.2 Å². The van der Waals surface area contributed by atoms with Crippen LogP contribution >= 0.6 is 0 Å². The van der Waals surface area contributed by atoms with E-state index >= 15 is 0 Å². The molecule has 1 heterocycles. The van der Waals surface area contributed by atoms with Crippen LogP contribution in [-0.4, -0.2) is 47.9 Å². The molecule has 150 valence electrons. The molecule has 2 aromatic rings. The first-order valence-electron chi connectivity index (χ1n) is 9.90. The first-order chi connectivity index (χ1) is 14.0. The fraction of sp³-hybridized carbons (Fsp3) is 0.348. The van der Waals surface area contributed by atoms with Gasteiger partial charge >= 0.3 is 6.09 Å². The Balaban J connectivity index is 1.42. The molecule has 0 saturated carbocycles. The molecule has 1 aliphatic carbocycles. The molecular weight excluding hydrogens is 368 g/mol. The zero-order valence-corrected chi connectivity index (χ0v) is 16.5. The summed E-state index contributed by atoms with van der Waals surface area (Å²) in [6.45, 7) is 3.75. The number of benzene rings is 2. The van der Waals surface area contributed by atoms with Crippen LogP contribution < -0.4 is 5.32 Å². The first kappa shape index (κ1) is 19.2. The predicted octanol–water partition coefficient (Wildman–Crippen LogP) is 3.10. The smallest absolute Gasteiger partial charge is 0.407 e. The number of amides is 2. The number of hydrogen-bond acceptors (Lipinski definition) is 4. The molecule has 1 fully saturated rings. The molecule has 4 rings (SSSR count). The lowest BCUT2D eigenvalue weighted by Crippen LogP contribution is -2.45. The van der Waals surface area contributed by atoms with Gasteiger partial charge in [0.2, 0.25) is 5.91 Å². The maximum absolute atomic E-state index is 12.5. The molecule has 1 aliphatic heterocycles. The van der Waals surface area contributed by atoms with Crippen molar-refractivity contribution in [3.8, 4) is 11.1 Å². The van der Waals surface area contributed by atoms with E-state index in [0.29, 0.717) is 6.42 Å². The quantitative estimate of drug-likeness (QED) is 0.794. The Morgan fingerprint density at radius 1 is 1.17 bits per heavy atom. The lowest BCUT2D eigenvalue weighted by molar-refractivity contribution is -0.134. The Morgan fingerprint density at radius 3 is 2.34 bits per heavy atom. The average Bonchev–Trinajstić information content (AvgIpc) is 3.19. The van der Waals surface area contributed by atoms with E-state index in [1.54, 1.807) is 6.92 Å². The third-order valence-electron chi connectivity index (χ3n) is 5.88. The Hall–Kier alpha value is -3.15. The number of hydrogen-bond donors (Lipinski definition) is 1. The first-order valence-corrected chi connectivity index (χ1v) is 9.90. The third kappa shape index (κ3) is 3.39. The summed E-state index contributed by atoms with van der Waals surface area (Å²) in [6.07, 6.45) is 0.587. The van der Waals surface area contributed by atoms with Crippen LogP contribution in [0.15, 0.2) is 48.5 Å². The zero-order valence-electron chi connectivity index (χ0n) is 16.5. The minimum atomic E-state index is -0.664. The summed E-state index contributed by atoms with van der Waals surface area (Å²) in [4.78, 5) is 37.5. The van der Waals surface area contributed by atoms with Gasteiger partial charge in [-0.25, -0.2) is 4.79 Å². The van der Waals surface area contributed by atoms with Crippen molar-refractivity contribution in [2.45, 2.75) is 44.3 Å². The summed E-state index contributed by atoms with van der Waals surface area (Å²) in [7, 11) is 0. The van der Waals surface area contributed by atoms with Crippen molar-refractivity contribution in [3.63, 3.8) is 0 Å². The van der Waals surface area contributed by atoms with E-state index in [1.165, 1.54) is 4.90 Å². The highest BCUT2D eigenvalue weighted by Gasteiger charge is 2.40. The third-order valence-corrected chi connectivity index (χ3v) is 5.88. The SMILES string of the molecule is CC(C=O)N1C(=O)C(NC(=O)OCC2c3ccccc3-c3ccccc32)CC1C. The largest absolute Gasteiger partial charge is 0.449 e. The predicted molar refractivity (Wildman–Crippen MR) is 108 cm³/mol. The van der Waals surface area contributed by atoms with Crippen LogP contribution in [0.4, 0.5) is 4.79 Å². The highest BCUT2D eigenvalue weighted by molar-refractivity contribution is 5.89. The second-order valence-corrected chi connectivity index (χ2v) is 7.73. The number of likely N-dealkylation sites (tertiary alicyclic amines) is 1. The van der Waals surface area contributed by atoms with E-state index in [0.717, 1.165) is 28.5 Å². The van der Waals surface area contributed by atoms with Crippen molar-refractivity contribution >= 4 is 18.3 Å². The van der Waals surface area contributed by atoms with Crippen molar-refractivity contribution < 1.29 is 19.1 Å². The molecular formula is C23H24N2O4. The minimum absolute atomic E-state index is 0.0297. The molecule has 3 unspecified atom stereocenters. The minimum Gasteiger partial charge on any atom is -0.449 e. The monoisotopic (exact) mass is 392 g/mol. The van der Waals surface area contributed by atoms with Gasteiger partial charge in [-0.05, 0) is 42.5 Å². The van der Waals surface area contributed by atoms with E-state index in [1.807, 2.05) is 31.2 Å². The molecule has 0 spiro atoms. The van der Waals surface area contributed by atoms with Crippen molar-refractivity contribution in [2.75, 3.05) is 6.61 Å². The fourth-order valence-electron chi connectivity index (χ4n) is 4.52. The molecule has 0 radical (unpaired) electrons. The summed E-state index contributed by atoms with van der Waals surface area (Å²) >= 11 is 0. The number of aldehydes is 1. The second kappa shape index (κ2) is 7.70. The van der Waals surface area contributed by atoms with Crippen molar-refractivity contribution in [1.29, 1.82) is 0 Å². The standard InChI is InChI=1S/C23H24N2O4/c1-14-11-21(22(27)25(14)15(2)12-26)24-23(28)29-13-20-18-9-5-3-7-16(18)17-8-4-6-10-19(17)20/h3-10,12,14-15,20-21H,11,13H2,1-2H3,(H,24,28). The van der Waals surface area contributed by atoms with Gasteiger partial charge in [0.15, 0.2) is 0 Å². The van der Waals surface area contributed by atoms with Gasteiger partial charge in [0.05, 0.1) is 6.04 Å². The van der Waals surface area contributed by atoms with Gasteiger partial charge in [-0.1, -0.05) is 48.5 Å². The Morgan fingerprint density at radius 2 is 1.76 bits per heavy atom. The molecule has 29 heavy (non-hydrogen) atoms. The number of ether oxygens (including phenoxy) is 1. The molecule has 1 saturated heterocycles. The summed E-state index contributed by atoms with van der Waals surface area (Å²) in [6, 6.07) is 15.0. The van der Waals surface area contributed by atoms with Gasteiger partial charge in [0, 0.05) is 12.0 Å². The van der Waals surface area contributed by atoms with Crippen LogP contribution in [0.3, 0.4) is 0 Å². The highest BCUT2D eigenvalue weighted by Crippen LogP contribution is 2.44. The van der Waals surface area contributed by atoms with Crippen molar-refractivity contribution in [2.24, 2.45) is 0 Å². The normalized spacial score (nSPS) is 21.4. The van der Waals surface area contributed by atoms with E-state index in [4.69, 9.17) is 4.74 Å². The number of carbonyl (C=O) groups is 3. The Labute approximate surface area is 169 Å². The molecule has 2 aromatic carbocycles. The van der Waals surface area contributed by atoms with E-state index in [-0.39, 0.29) is 24.5 Å². The lowest BCUT2D eigenvalue weighted by atomic mass is 9.98. The van der Waals surface area contributed by atoms with Crippen LogP contribution in [0, 0.1) is 0 Å². The van der Waals surface area contributed by atoms with E-state index in [2.05, 4.69) is 29.6 Å². The maximum atomic E-state index is 12.5. The summed E-state index contributed by atoms with van der Waals surface area (Å²) in [5, 5.41) is 2.67. The van der Waals surface area contributed by atoms with Gasteiger partial charge in [-0.15, -0.1) is 0 Å². The van der Waals surface area contributed by atoms with Gasteiger partial charge in [-0.2, -0.15) is 0 Å². The van der Waals surface area contributed by atoms with E-state index < -0.39 is 18.2 Å². The van der Waals surface area contributed by atoms with Gasteiger partial charge in [0.1, 0.15) is 18.9 Å². The van der Waals surface area contributed by atoms with Gasteiger partial charge in [-0.3, -0.25) is 4.79 Å². The summed E-state index contributed by atoms with van der Waals surface area (Å²) in [5.41, 5.74) is 4.60. The molecule has 3 atom stereocenters. The van der Waals surface area contributed by atoms with E-state index in [9.17, 15) is 14.4 Å². The van der Waals surface area contributed by atoms with Gasteiger partial charge < -0.3 is 19.7 Å². The molecule has 0 aromatic heterocycles. The number of nitrogens with one attached hydrogen (secondary N) is 1. The summed E-state index contributed by atoms with van der Waals surface area (Å²) < 4.78 is 5.52. The van der Waals surface area contributed by atoms with Crippen LogP contribution in [0.1, 0.15) is 37.3 Å². The average molecular weight is 392 g/mol. The summed E-state index contributed by atoms with van der Waals surface area (Å²) in [5.74, 6) is -0.274. The number of nitrogens with zero attached hydrogens (tertiary/aromatic N) is 1. The number of rotatable bonds is 5.